The van der Waals surface area contributed by atoms with E-state index in [4.69, 9.17) is 26.2 Å². The molecule has 7 heteroatoms. The van der Waals surface area contributed by atoms with Crippen molar-refractivity contribution >= 4 is 17.4 Å². The summed E-state index contributed by atoms with van der Waals surface area (Å²) >= 11 is 5.94. The van der Waals surface area contributed by atoms with E-state index in [1.807, 2.05) is 12.1 Å². The second-order valence-corrected chi connectivity index (χ2v) is 5.83. The minimum Gasteiger partial charge on any atom is -0.462 e. The number of rotatable bonds is 3. The first kappa shape index (κ1) is 15.7. The van der Waals surface area contributed by atoms with Gasteiger partial charge in [-0.2, -0.15) is 0 Å². The smallest absolute Gasteiger partial charge is 0.229 e. The van der Waals surface area contributed by atoms with Crippen molar-refractivity contribution in [2.75, 3.05) is 6.61 Å². The summed E-state index contributed by atoms with van der Waals surface area (Å²) in [6.45, 7) is -0.490. The molecule has 1 aromatic rings. The number of halogens is 1. The van der Waals surface area contributed by atoms with Gasteiger partial charge in [0.15, 0.2) is 0 Å². The number of aliphatic hydroxyl groups is 4. The maximum absolute atomic E-state index is 9.98. The van der Waals surface area contributed by atoms with Gasteiger partial charge in [0.25, 0.3) is 0 Å². The molecule has 0 spiro atoms. The Morgan fingerprint density at radius 2 is 1.95 bits per heavy atom. The molecule has 1 aliphatic carbocycles. The fourth-order valence-electron chi connectivity index (χ4n) is 2.69. The lowest BCUT2D eigenvalue weighted by Gasteiger charge is -2.39. The number of ether oxygens (including phenoxy) is 2. The summed E-state index contributed by atoms with van der Waals surface area (Å²) in [5.74, 6) is 0.510. The van der Waals surface area contributed by atoms with E-state index < -0.39 is 37.3 Å². The lowest BCUT2D eigenvalue weighted by molar-refractivity contribution is -0.284. The molecular formula is C15H17ClO6. The summed E-state index contributed by atoms with van der Waals surface area (Å²) in [5, 5.41) is 39.3. The number of aliphatic hydroxyl groups excluding tert-OH is 4. The van der Waals surface area contributed by atoms with Crippen LogP contribution in [0.15, 0.2) is 24.3 Å². The fraction of sp³-hybridized carbons (Fsp3) is 0.467. The Morgan fingerprint density at radius 1 is 1.18 bits per heavy atom. The molecule has 0 amide bonds. The Kier molecular flexibility index (Phi) is 4.40. The molecule has 1 unspecified atom stereocenters. The molecule has 1 fully saturated rings. The van der Waals surface area contributed by atoms with Crippen LogP contribution in [0.5, 0.6) is 0 Å². The van der Waals surface area contributed by atoms with E-state index in [1.165, 1.54) is 0 Å². The maximum Gasteiger partial charge on any atom is 0.229 e. The van der Waals surface area contributed by atoms with Crippen LogP contribution in [0, 0.1) is 0 Å². The van der Waals surface area contributed by atoms with Crippen LogP contribution in [0.25, 0.3) is 5.76 Å². The van der Waals surface area contributed by atoms with E-state index in [2.05, 4.69) is 0 Å². The number of hydrogen-bond donors (Lipinski definition) is 4. The molecule has 120 valence electrons. The second kappa shape index (κ2) is 6.16. The highest BCUT2D eigenvalue weighted by Crippen LogP contribution is 2.33. The van der Waals surface area contributed by atoms with Gasteiger partial charge in [0.05, 0.1) is 6.61 Å². The van der Waals surface area contributed by atoms with Crippen molar-refractivity contribution in [3.63, 3.8) is 0 Å². The fourth-order valence-corrected chi connectivity index (χ4v) is 2.88. The van der Waals surface area contributed by atoms with Crippen molar-refractivity contribution in [2.45, 2.75) is 37.1 Å². The summed E-state index contributed by atoms with van der Waals surface area (Å²) in [5.41, 5.74) is 1.83. The maximum atomic E-state index is 9.98. The lowest BCUT2D eigenvalue weighted by Crippen LogP contribution is -2.59. The molecule has 0 radical (unpaired) electrons. The summed E-state index contributed by atoms with van der Waals surface area (Å²) in [6.07, 6.45) is -3.98. The Bertz CT molecular complexity index is 587. The molecule has 2 aliphatic rings. The van der Waals surface area contributed by atoms with Crippen LogP contribution in [-0.2, 0) is 15.9 Å². The average Bonchev–Trinajstić information content (AvgIpc) is 2.90. The summed E-state index contributed by atoms with van der Waals surface area (Å²) in [4.78, 5) is 0. The van der Waals surface area contributed by atoms with Crippen LogP contribution < -0.4 is 0 Å². The van der Waals surface area contributed by atoms with Crippen molar-refractivity contribution in [2.24, 2.45) is 0 Å². The van der Waals surface area contributed by atoms with Gasteiger partial charge < -0.3 is 29.9 Å². The molecule has 1 aromatic carbocycles. The van der Waals surface area contributed by atoms with Crippen molar-refractivity contribution < 1.29 is 29.9 Å². The molecule has 0 bridgehead atoms. The van der Waals surface area contributed by atoms with E-state index in [-0.39, 0.29) is 0 Å². The second-order valence-electron chi connectivity index (χ2n) is 5.39. The minimum absolute atomic E-state index is 0.490. The van der Waals surface area contributed by atoms with Gasteiger partial charge in [-0.1, -0.05) is 11.6 Å². The Balaban J connectivity index is 1.77. The molecule has 5 atom stereocenters. The number of benzene rings is 1. The van der Waals surface area contributed by atoms with Crippen LogP contribution in [0.3, 0.4) is 0 Å². The van der Waals surface area contributed by atoms with Crippen LogP contribution in [0.2, 0.25) is 5.02 Å². The zero-order valence-corrected chi connectivity index (χ0v) is 12.3. The van der Waals surface area contributed by atoms with Crippen LogP contribution >= 0.6 is 11.6 Å². The lowest BCUT2D eigenvalue weighted by atomic mass is 9.99. The zero-order chi connectivity index (χ0) is 15.9. The molecule has 1 saturated heterocycles. The predicted octanol–water partition coefficient (Wildman–Crippen LogP) is 0.0535. The van der Waals surface area contributed by atoms with Gasteiger partial charge in [-0.3, -0.25) is 0 Å². The monoisotopic (exact) mass is 328 g/mol. The van der Waals surface area contributed by atoms with Crippen molar-refractivity contribution in [3.8, 4) is 0 Å². The van der Waals surface area contributed by atoms with E-state index in [1.54, 1.807) is 12.1 Å². The number of fused-ring (bicyclic) bond motifs is 1. The van der Waals surface area contributed by atoms with Crippen LogP contribution in [0.1, 0.15) is 11.1 Å². The van der Waals surface area contributed by atoms with Crippen LogP contribution in [-0.4, -0.2) is 57.7 Å². The minimum atomic E-state index is -1.46. The highest BCUT2D eigenvalue weighted by molar-refractivity contribution is 6.30. The molecule has 0 saturated carbocycles. The molecule has 1 heterocycles. The van der Waals surface area contributed by atoms with Gasteiger partial charge in [0.1, 0.15) is 30.2 Å². The largest absolute Gasteiger partial charge is 0.462 e. The van der Waals surface area contributed by atoms with Crippen molar-refractivity contribution in [1.29, 1.82) is 0 Å². The number of hydrogen-bond acceptors (Lipinski definition) is 6. The Morgan fingerprint density at radius 3 is 2.68 bits per heavy atom. The van der Waals surface area contributed by atoms with Gasteiger partial charge in [-0.15, -0.1) is 0 Å². The molecule has 4 N–H and O–H groups in total. The quantitative estimate of drug-likeness (QED) is 0.626. The van der Waals surface area contributed by atoms with E-state index >= 15 is 0 Å². The van der Waals surface area contributed by atoms with Crippen molar-refractivity contribution in [3.05, 3.63) is 40.4 Å². The Hall–Kier alpha value is -1.15. The molecule has 3 rings (SSSR count). The topological polar surface area (TPSA) is 99.4 Å². The first-order valence-corrected chi connectivity index (χ1v) is 7.35. The highest BCUT2D eigenvalue weighted by Gasteiger charge is 2.45. The number of allylic oxidation sites excluding steroid dienone is 1. The third kappa shape index (κ3) is 2.74. The molecule has 0 aromatic heterocycles. The predicted molar refractivity (Wildman–Crippen MR) is 78.0 cm³/mol. The summed E-state index contributed by atoms with van der Waals surface area (Å²) in [6, 6.07) is 5.37. The third-order valence-corrected chi connectivity index (χ3v) is 4.17. The molecule has 6 nitrogen and oxygen atoms in total. The van der Waals surface area contributed by atoms with E-state index in [0.29, 0.717) is 17.2 Å². The SMILES string of the molecule is OC[C@H]1OC(OC2=CCc3cc(Cl)ccc32)[C@H](O)[C@@H](O)[C@H]1O. The highest BCUT2D eigenvalue weighted by atomic mass is 35.5. The summed E-state index contributed by atoms with van der Waals surface area (Å²) in [7, 11) is 0. The van der Waals surface area contributed by atoms with E-state index in [9.17, 15) is 15.3 Å². The Labute approximate surface area is 132 Å². The zero-order valence-electron chi connectivity index (χ0n) is 11.6. The summed E-state index contributed by atoms with van der Waals surface area (Å²) < 4.78 is 11.0. The van der Waals surface area contributed by atoms with Gasteiger partial charge in [-0.05, 0) is 36.3 Å². The standard InChI is InChI=1S/C15H17ClO6/c16-8-2-3-9-7(5-8)1-4-10(9)21-15-14(20)13(19)12(18)11(6-17)22-15/h2-5,11-15,17-20H,1,6H2/t11-,12+,13+,14-,15?/m1/s1. The van der Waals surface area contributed by atoms with E-state index in [0.717, 1.165) is 11.1 Å². The first-order valence-electron chi connectivity index (χ1n) is 6.97. The first-order chi connectivity index (χ1) is 10.5. The van der Waals surface area contributed by atoms with Gasteiger partial charge in [0.2, 0.25) is 6.29 Å². The van der Waals surface area contributed by atoms with Gasteiger partial charge >= 0.3 is 0 Å². The molecule has 1 aliphatic heterocycles. The molecule has 22 heavy (non-hydrogen) atoms. The molecular weight excluding hydrogens is 312 g/mol. The van der Waals surface area contributed by atoms with Gasteiger partial charge in [-0.25, -0.2) is 0 Å². The normalized spacial score (nSPS) is 34.2. The average molecular weight is 329 g/mol. The van der Waals surface area contributed by atoms with Crippen molar-refractivity contribution in [1.82, 2.24) is 0 Å². The third-order valence-electron chi connectivity index (χ3n) is 3.93. The van der Waals surface area contributed by atoms with Gasteiger partial charge in [0, 0.05) is 10.6 Å². The van der Waals surface area contributed by atoms with Crippen LogP contribution in [0.4, 0.5) is 0 Å².